The molecule has 1 aliphatic rings. The summed E-state index contributed by atoms with van der Waals surface area (Å²) < 4.78 is 13.2. The number of hydrogen-bond donors (Lipinski definition) is 2. The highest BCUT2D eigenvalue weighted by Crippen LogP contribution is 2.31. The van der Waals surface area contributed by atoms with Crippen LogP contribution in [0, 0.1) is 5.82 Å². The van der Waals surface area contributed by atoms with E-state index in [1.807, 2.05) is 0 Å². The van der Waals surface area contributed by atoms with Crippen LogP contribution in [0.1, 0.15) is 6.42 Å². The van der Waals surface area contributed by atoms with Crippen molar-refractivity contribution >= 4 is 29.9 Å². The predicted molar refractivity (Wildman–Crippen MR) is 65.7 cm³/mol. The molecule has 1 saturated heterocycles. The first kappa shape index (κ1) is 11.3. The Morgan fingerprint density at radius 1 is 1.56 bits per heavy atom. The number of carbonyl (C=O) groups excluding carboxylic acids is 1. The molecule has 1 fully saturated rings. The average Bonchev–Trinajstić information content (AvgIpc) is 2.57. The van der Waals surface area contributed by atoms with Crippen molar-refractivity contribution in [1.82, 2.24) is 0 Å². The third-order valence-corrected chi connectivity index (χ3v) is 2.97. The van der Waals surface area contributed by atoms with Crippen molar-refractivity contribution in [2.75, 3.05) is 23.8 Å². The summed E-state index contributed by atoms with van der Waals surface area (Å²) >= 11 is 4.27. The van der Waals surface area contributed by atoms with Gasteiger partial charge in [-0.1, -0.05) is 0 Å². The number of thiol groups is 1. The summed E-state index contributed by atoms with van der Waals surface area (Å²) in [5, 5.41) is 2.98. The first-order valence-corrected chi connectivity index (χ1v) is 5.59. The summed E-state index contributed by atoms with van der Waals surface area (Å²) in [4.78, 5) is 13.3. The molecule has 5 heteroatoms. The summed E-state index contributed by atoms with van der Waals surface area (Å²) in [5.74, 6) is -0.355. The summed E-state index contributed by atoms with van der Waals surface area (Å²) in [6.45, 7) is 0.528. The van der Waals surface area contributed by atoms with Crippen LogP contribution in [0.2, 0.25) is 0 Å². The lowest BCUT2D eigenvalue weighted by atomic mass is 10.2. The van der Waals surface area contributed by atoms with Crippen molar-refractivity contribution in [1.29, 1.82) is 0 Å². The normalized spacial score (nSPS) is 20.3. The number of benzene rings is 1. The first-order chi connectivity index (χ1) is 7.61. The third-order valence-electron chi connectivity index (χ3n) is 2.62. The number of hydrogen-bond acceptors (Lipinski definition) is 3. The maximum absolute atomic E-state index is 13.2. The Kier molecular flexibility index (Phi) is 3.05. The highest BCUT2D eigenvalue weighted by atomic mass is 32.1. The fourth-order valence-corrected chi connectivity index (χ4v) is 2.18. The van der Waals surface area contributed by atoms with Crippen LogP contribution in [0.5, 0.6) is 0 Å². The first-order valence-electron chi connectivity index (χ1n) is 5.07. The van der Waals surface area contributed by atoms with Crippen LogP contribution >= 0.6 is 12.6 Å². The molecule has 1 atom stereocenters. The minimum absolute atomic E-state index is 0.0119. The summed E-state index contributed by atoms with van der Waals surface area (Å²) in [7, 11) is 1.75. The molecule has 0 aromatic heterocycles. The van der Waals surface area contributed by atoms with Crippen LogP contribution in [0.15, 0.2) is 18.2 Å². The molecule has 3 nitrogen and oxygen atoms in total. The van der Waals surface area contributed by atoms with E-state index in [0.717, 1.165) is 5.69 Å². The molecule has 1 N–H and O–H groups in total. The fourth-order valence-electron chi connectivity index (χ4n) is 1.86. The highest BCUT2D eigenvalue weighted by molar-refractivity contribution is 7.81. The smallest absolute Gasteiger partial charge is 0.228 e. The molecule has 16 heavy (non-hydrogen) atoms. The molecule has 1 unspecified atom stereocenters. The summed E-state index contributed by atoms with van der Waals surface area (Å²) in [6.07, 6.45) is 0.406. The number of nitrogens with zero attached hydrogens (tertiary/aromatic N) is 1. The molecule has 1 aliphatic heterocycles. The fraction of sp³-hybridized carbons (Fsp3) is 0.364. The lowest BCUT2D eigenvalue weighted by molar-refractivity contribution is -0.117. The monoisotopic (exact) mass is 240 g/mol. The number of amides is 1. The van der Waals surface area contributed by atoms with Gasteiger partial charge in [0.1, 0.15) is 5.82 Å². The summed E-state index contributed by atoms with van der Waals surface area (Å²) in [6, 6.07) is 4.37. The number of carbonyl (C=O) groups is 1. The summed E-state index contributed by atoms with van der Waals surface area (Å²) in [5.41, 5.74) is 1.33. The van der Waals surface area contributed by atoms with E-state index in [9.17, 15) is 9.18 Å². The molecule has 1 heterocycles. The van der Waals surface area contributed by atoms with Crippen LogP contribution < -0.4 is 10.2 Å². The van der Waals surface area contributed by atoms with Gasteiger partial charge in [-0.2, -0.15) is 12.6 Å². The van der Waals surface area contributed by atoms with Crippen LogP contribution in [-0.2, 0) is 4.79 Å². The van der Waals surface area contributed by atoms with E-state index in [1.54, 1.807) is 18.0 Å². The molecule has 0 radical (unpaired) electrons. The number of nitrogens with one attached hydrogen (secondary N) is 1. The van der Waals surface area contributed by atoms with Gasteiger partial charge in [0.2, 0.25) is 5.91 Å². The molecular formula is C11H13FN2OS. The van der Waals surface area contributed by atoms with Crippen LogP contribution in [0.3, 0.4) is 0 Å². The van der Waals surface area contributed by atoms with Crippen molar-refractivity contribution in [3.8, 4) is 0 Å². The Labute approximate surface area is 99.0 Å². The van der Waals surface area contributed by atoms with Gasteiger partial charge in [0.25, 0.3) is 0 Å². The zero-order valence-corrected chi connectivity index (χ0v) is 9.80. The molecular weight excluding hydrogens is 227 g/mol. The highest BCUT2D eigenvalue weighted by Gasteiger charge is 2.29. The molecule has 1 aromatic rings. The minimum atomic E-state index is -0.343. The van der Waals surface area contributed by atoms with Gasteiger partial charge in [0.15, 0.2) is 0 Å². The second kappa shape index (κ2) is 4.33. The zero-order chi connectivity index (χ0) is 11.7. The molecule has 86 valence electrons. The second-order valence-corrected chi connectivity index (χ2v) is 4.50. The van der Waals surface area contributed by atoms with Crippen LogP contribution in [0.25, 0.3) is 0 Å². The lowest BCUT2D eigenvalue weighted by Gasteiger charge is -2.19. The molecule has 1 aromatic carbocycles. The maximum Gasteiger partial charge on any atom is 0.228 e. The predicted octanol–water partition coefficient (Wildman–Crippen LogP) is 1.90. The largest absolute Gasteiger partial charge is 0.386 e. The van der Waals surface area contributed by atoms with E-state index in [-0.39, 0.29) is 17.0 Å². The second-order valence-electron chi connectivity index (χ2n) is 3.77. The van der Waals surface area contributed by atoms with Gasteiger partial charge in [0.05, 0.1) is 11.4 Å². The Morgan fingerprint density at radius 3 is 2.88 bits per heavy atom. The van der Waals surface area contributed by atoms with Crippen molar-refractivity contribution in [2.24, 2.45) is 0 Å². The maximum atomic E-state index is 13.2. The number of halogens is 1. The average molecular weight is 240 g/mol. The van der Waals surface area contributed by atoms with E-state index in [0.29, 0.717) is 18.7 Å². The van der Waals surface area contributed by atoms with Gasteiger partial charge in [0, 0.05) is 25.3 Å². The van der Waals surface area contributed by atoms with Crippen molar-refractivity contribution in [2.45, 2.75) is 11.7 Å². The van der Waals surface area contributed by atoms with E-state index < -0.39 is 0 Å². The van der Waals surface area contributed by atoms with E-state index in [1.165, 1.54) is 12.1 Å². The molecule has 0 saturated carbocycles. The SMILES string of the molecule is CNc1ccc(F)cc1N1CC(S)CC1=O. The quantitative estimate of drug-likeness (QED) is 0.774. The topological polar surface area (TPSA) is 32.3 Å². The Morgan fingerprint density at radius 2 is 2.31 bits per heavy atom. The van der Waals surface area contributed by atoms with E-state index in [4.69, 9.17) is 0 Å². The van der Waals surface area contributed by atoms with Gasteiger partial charge in [-0.15, -0.1) is 0 Å². The standard InChI is InChI=1S/C11H13FN2OS/c1-13-9-3-2-7(12)4-10(9)14-6-8(16)5-11(14)15/h2-4,8,13,16H,5-6H2,1H3. The Hall–Kier alpha value is -1.23. The molecule has 2 rings (SSSR count). The van der Waals surface area contributed by atoms with Gasteiger partial charge in [-0.3, -0.25) is 4.79 Å². The van der Waals surface area contributed by atoms with Gasteiger partial charge < -0.3 is 10.2 Å². The van der Waals surface area contributed by atoms with E-state index >= 15 is 0 Å². The minimum Gasteiger partial charge on any atom is -0.386 e. The number of rotatable bonds is 2. The number of anilines is 2. The van der Waals surface area contributed by atoms with Gasteiger partial charge in [-0.05, 0) is 18.2 Å². The lowest BCUT2D eigenvalue weighted by Crippen LogP contribution is -2.25. The van der Waals surface area contributed by atoms with Gasteiger partial charge >= 0.3 is 0 Å². The third kappa shape index (κ3) is 2.00. The van der Waals surface area contributed by atoms with Crippen molar-refractivity contribution in [3.63, 3.8) is 0 Å². The van der Waals surface area contributed by atoms with Crippen LogP contribution in [-0.4, -0.2) is 24.7 Å². The Balaban J connectivity index is 2.39. The zero-order valence-electron chi connectivity index (χ0n) is 8.90. The molecule has 0 aliphatic carbocycles. The van der Waals surface area contributed by atoms with Gasteiger partial charge in [-0.25, -0.2) is 4.39 Å². The molecule has 0 spiro atoms. The van der Waals surface area contributed by atoms with Crippen LogP contribution in [0.4, 0.5) is 15.8 Å². The van der Waals surface area contributed by atoms with Crippen molar-refractivity contribution < 1.29 is 9.18 Å². The molecule has 1 amide bonds. The molecule has 0 bridgehead atoms. The van der Waals surface area contributed by atoms with Crippen molar-refractivity contribution in [3.05, 3.63) is 24.0 Å². The Bertz CT molecular complexity index is 424. The van der Waals surface area contributed by atoms with E-state index in [2.05, 4.69) is 17.9 Å².